The highest BCUT2D eigenvalue weighted by Gasteiger charge is 2.52. The lowest BCUT2D eigenvalue weighted by Gasteiger charge is -2.48. The van der Waals surface area contributed by atoms with Gasteiger partial charge in [0.1, 0.15) is 10.8 Å². The Morgan fingerprint density at radius 3 is 1.09 bits per heavy atom. The van der Waals surface area contributed by atoms with Crippen LogP contribution >= 0.6 is 0 Å². The van der Waals surface area contributed by atoms with E-state index >= 15 is 0 Å². The Bertz CT molecular complexity index is 2840. The number of aryl methyl sites for hydroxylation is 2. The van der Waals surface area contributed by atoms with Gasteiger partial charge in [0.25, 0.3) is 0 Å². The highest BCUT2D eigenvalue weighted by atomic mass is 14.5. The number of rotatable bonds is 0. The Morgan fingerprint density at radius 1 is 0.357 bits per heavy atom. The highest BCUT2D eigenvalue weighted by molar-refractivity contribution is 5.94. The Labute approximate surface area is 328 Å². The molecule has 0 aliphatic heterocycles. The molecule has 0 heteroatoms. The summed E-state index contributed by atoms with van der Waals surface area (Å²) in [7, 11) is 0. The lowest BCUT2D eigenvalue weighted by atomic mass is 9.52. The summed E-state index contributed by atoms with van der Waals surface area (Å²) in [5, 5.41) is 2.25. The molecule has 0 spiro atoms. The molecule has 0 saturated heterocycles. The van der Waals surface area contributed by atoms with E-state index in [0.29, 0.717) is 0 Å². The Hall–Kier alpha value is -6.86. The lowest BCUT2D eigenvalue weighted by Crippen LogP contribution is -2.41. The van der Waals surface area contributed by atoms with Crippen molar-refractivity contribution in [3.63, 3.8) is 0 Å². The third-order valence-corrected chi connectivity index (χ3v) is 13.4. The van der Waals surface area contributed by atoms with Crippen molar-refractivity contribution in [1.82, 2.24) is 0 Å². The van der Waals surface area contributed by atoms with Gasteiger partial charge in [0.05, 0.1) is 0 Å². The third-order valence-electron chi connectivity index (χ3n) is 13.4. The molecule has 6 aliphatic rings. The van der Waals surface area contributed by atoms with Crippen LogP contribution in [0.3, 0.4) is 0 Å². The molecule has 4 bridgehead atoms. The molecule has 8 aromatic carbocycles. The molecule has 0 amide bonds. The smallest absolute Gasteiger partial charge is 0.0764 e. The standard InChI is InChI=1S/C56H36/c1-35-15-11-29-48-50(35)53-40-21-3-7-25-44(40)55(48,45-26-8-4-22-41(45)53)33-31-38-19-13-17-37-18-14-20-39(52(37)38)32-34-56-46-27-9-5-23-42(46)54(43-24-6-10-28-47(43)56)51-36(2)16-12-30-49(51)56/h3-30,53-54H,1-2H3. The van der Waals surface area contributed by atoms with Gasteiger partial charge in [-0.25, -0.2) is 0 Å². The van der Waals surface area contributed by atoms with Crippen molar-refractivity contribution in [1.29, 1.82) is 0 Å². The van der Waals surface area contributed by atoms with Gasteiger partial charge >= 0.3 is 0 Å². The zero-order chi connectivity index (χ0) is 37.2. The van der Waals surface area contributed by atoms with Gasteiger partial charge in [0, 0.05) is 28.3 Å². The maximum atomic E-state index is 4.03. The van der Waals surface area contributed by atoms with Crippen LogP contribution in [0.15, 0.2) is 170 Å². The van der Waals surface area contributed by atoms with Gasteiger partial charge in [0.2, 0.25) is 0 Å². The van der Waals surface area contributed by atoms with Gasteiger partial charge in [-0.15, -0.1) is 0 Å². The Balaban J connectivity index is 1.11. The van der Waals surface area contributed by atoms with Crippen molar-refractivity contribution in [2.75, 3.05) is 0 Å². The molecular weight excluding hydrogens is 673 g/mol. The lowest BCUT2D eigenvalue weighted by molar-refractivity contribution is 0.662. The molecule has 0 N–H and O–H groups in total. The van der Waals surface area contributed by atoms with Crippen LogP contribution in [0.4, 0.5) is 0 Å². The third kappa shape index (κ3) is 3.86. The van der Waals surface area contributed by atoms with Crippen molar-refractivity contribution in [3.05, 3.63) is 259 Å². The molecule has 0 radical (unpaired) electrons. The molecule has 0 heterocycles. The second-order valence-electron chi connectivity index (χ2n) is 16.0. The quantitative estimate of drug-likeness (QED) is 0.138. The summed E-state index contributed by atoms with van der Waals surface area (Å²) in [5.74, 6) is 16.2. The first-order valence-electron chi connectivity index (χ1n) is 19.8. The van der Waals surface area contributed by atoms with Crippen LogP contribution in [-0.2, 0) is 10.8 Å². The van der Waals surface area contributed by atoms with Gasteiger partial charge < -0.3 is 0 Å². The minimum Gasteiger partial charge on any atom is -0.0764 e. The first-order chi connectivity index (χ1) is 27.6. The first kappa shape index (κ1) is 31.5. The van der Waals surface area contributed by atoms with Crippen molar-refractivity contribution < 1.29 is 0 Å². The van der Waals surface area contributed by atoms with Gasteiger partial charge in [0.15, 0.2) is 0 Å². The van der Waals surface area contributed by atoms with E-state index in [0.717, 1.165) is 21.9 Å². The van der Waals surface area contributed by atoms with Crippen LogP contribution in [0.25, 0.3) is 10.8 Å². The molecule has 6 aliphatic carbocycles. The van der Waals surface area contributed by atoms with Crippen LogP contribution in [0.2, 0.25) is 0 Å². The van der Waals surface area contributed by atoms with E-state index in [2.05, 4.69) is 207 Å². The Kier molecular flexibility index (Phi) is 6.37. The van der Waals surface area contributed by atoms with Crippen LogP contribution in [-0.4, -0.2) is 0 Å². The van der Waals surface area contributed by atoms with Crippen molar-refractivity contribution in [2.24, 2.45) is 0 Å². The summed E-state index contributed by atoms with van der Waals surface area (Å²) in [6.07, 6.45) is 0. The van der Waals surface area contributed by atoms with Gasteiger partial charge in [-0.2, -0.15) is 0 Å². The topological polar surface area (TPSA) is 0 Å². The maximum absolute atomic E-state index is 4.03. The number of fused-ring (bicyclic) bond motifs is 1. The van der Waals surface area contributed by atoms with E-state index < -0.39 is 10.8 Å². The van der Waals surface area contributed by atoms with Gasteiger partial charge in [-0.1, -0.05) is 181 Å². The molecule has 0 saturated carbocycles. The zero-order valence-corrected chi connectivity index (χ0v) is 31.3. The van der Waals surface area contributed by atoms with E-state index in [1.165, 1.54) is 77.9 Å². The van der Waals surface area contributed by atoms with E-state index in [1.807, 2.05) is 0 Å². The molecule has 0 atom stereocenters. The predicted octanol–water partition coefficient (Wildman–Crippen LogP) is 11.8. The molecule has 56 heavy (non-hydrogen) atoms. The summed E-state index contributed by atoms with van der Waals surface area (Å²) in [5.41, 5.74) is 19.5. The van der Waals surface area contributed by atoms with Crippen LogP contribution in [0.1, 0.15) is 101 Å². The predicted molar refractivity (Wildman–Crippen MR) is 227 cm³/mol. The monoisotopic (exact) mass is 708 g/mol. The molecule has 8 aromatic rings. The van der Waals surface area contributed by atoms with Gasteiger partial charge in [-0.3, -0.25) is 0 Å². The summed E-state index contributed by atoms with van der Waals surface area (Å²) >= 11 is 0. The fourth-order valence-electron chi connectivity index (χ4n) is 11.2. The minimum atomic E-state index is -0.596. The highest BCUT2D eigenvalue weighted by Crippen LogP contribution is 2.61. The second-order valence-corrected chi connectivity index (χ2v) is 16.0. The molecule has 0 fully saturated rings. The number of hydrogen-bond donors (Lipinski definition) is 0. The average molecular weight is 709 g/mol. The van der Waals surface area contributed by atoms with Crippen molar-refractivity contribution >= 4 is 10.8 Å². The van der Waals surface area contributed by atoms with E-state index in [4.69, 9.17) is 0 Å². The number of benzene rings is 8. The number of hydrogen-bond acceptors (Lipinski definition) is 0. The second kappa shape index (κ2) is 11.3. The molecular formula is C56H36. The summed E-state index contributed by atoms with van der Waals surface area (Å²) < 4.78 is 0. The molecule has 14 rings (SSSR count). The van der Waals surface area contributed by atoms with E-state index in [1.54, 1.807) is 0 Å². The summed E-state index contributed by atoms with van der Waals surface area (Å²) in [6.45, 7) is 4.52. The van der Waals surface area contributed by atoms with E-state index in [9.17, 15) is 0 Å². The molecule has 0 nitrogen and oxygen atoms in total. The minimum absolute atomic E-state index is 0.208. The zero-order valence-electron chi connectivity index (χ0n) is 31.3. The summed E-state index contributed by atoms with van der Waals surface area (Å²) in [4.78, 5) is 0. The van der Waals surface area contributed by atoms with E-state index in [-0.39, 0.29) is 11.8 Å². The van der Waals surface area contributed by atoms with Crippen LogP contribution in [0.5, 0.6) is 0 Å². The van der Waals surface area contributed by atoms with Crippen LogP contribution in [0, 0.1) is 37.5 Å². The summed E-state index contributed by atoms with van der Waals surface area (Å²) in [6, 6.07) is 62.7. The fraction of sp³-hybridized carbons (Fsp3) is 0.107. The molecule has 0 unspecified atom stereocenters. The van der Waals surface area contributed by atoms with Crippen molar-refractivity contribution in [3.8, 4) is 23.7 Å². The molecule has 0 aromatic heterocycles. The maximum Gasteiger partial charge on any atom is 0.107 e. The molecule has 260 valence electrons. The van der Waals surface area contributed by atoms with Crippen LogP contribution < -0.4 is 0 Å². The van der Waals surface area contributed by atoms with Gasteiger partial charge in [-0.05, 0) is 109 Å². The normalized spacial score (nSPS) is 20.9. The van der Waals surface area contributed by atoms with Crippen molar-refractivity contribution in [2.45, 2.75) is 36.5 Å². The Morgan fingerprint density at radius 2 is 0.696 bits per heavy atom. The fourth-order valence-corrected chi connectivity index (χ4v) is 11.2. The SMILES string of the molecule is Cc1cccc2c1C1c3ccccc3C2(C#Cc2cccc3cccc(C#CC45c6ccccc6C(c6ccccc64)c4c(C)cccc45)c23)c2ccccc21. The average Bonchev–Trinajstić information content (AvgIpc) is 3.25. The largest absolute Gasteiger partial charge is 0.107 e. The first-order valence-corrected chi connectivity index (χ1v) is 19.8.